The van der Waals surface area contributed by atoms with Crippen LogP contribution in [0.15, 0.2) is 29.2 Å². The fraction of sp³-hybridized carbons (Fsp3) is 0.385. The second-order valence-electron chi connectivity index (χ2n) is 4.57. The molecule has 0 heterocycles. The minimum atomic E-state index is -4.19. The summed E-state index contributed by atoms with van der Waals surface area (Å²) in [6, 6.07) is 2.28. The van der Waals surface area contributed by atoms with Gasteiger partial charge in [0.25, 0.3) is 5.91 Å². The lowest BCUT2D eigenvalue weighted by atomic mass is 10.2. The molecule has 0 bridgehead atoms. The number of ether oxygens (including phenoxy) is 1. The smallest absolute Gasteiger partial charge is 0.327 e. The molecule has 0 unspecified atom stereocenters. The zero-order chi connectivity index (χ0) is 17.6. The Morgan fingerprint density at radius 1 is 1.30 bits per heavy atom. The molecule has 0 aromatic heterocycles. The molecular formula is C13H17FN2O6S. The van der Waals surface area contributed by atoms with Crippen LogP contribution in [0.5, 0.6) is 0 Å². The Balaban J connectivity index is 2.88. The van der Waals surface area contributed by atoms with Gasteiger partial charge in [-0.2, -0.15) is 4.72 Å². The van der Waals surface area contributed by atoms with Crippen LogP contribution in [0.4, 0.5) is 4.39 Å². The summed E-state index contributed by atoms with van der Waals surface area (Å²) in [5, 5.41) is 11.8. The van der Waals surface area contributed by atoms with Crippen LogP contribution in [0.1, 0.15) is 6.92 Å². The number of rotatable bonds is 7. The molecule has 0 saturated carbocycles. The minimum Gasteiger partial charge on any atom is -0.454 e. The number of carbonyl (C=O) groups is 2. The number of hydrogen-bond acceptors (Lipinski definition) is 6. The molecule has 1 rings (SSSR count). The molecule has 1 amide bonds. The number of sulfonamides is 1. The van der Waals surface area contributed by atoms with Crippen LogP contribution < -0.4 is 10.0 Å². The molecule has 0 saturated heterocycles. The number of amides is 1. The molecule has 1 aromatic carbocycles. The molecule has 23 heavy (non-hydrogen) atoms. The molecule has 0 radical (unpaired) electrons. The van der Waals surface area contributed by atoms with Gasteiger partial charge in [0.15, 0.2) is 6.61 Å². The van der Waals surface area contributed by atoms with Crippen LogP contribution in [-0.2, 0) is 24.3 Å². The van der Waals surface area contributed by atoms with Crippen molar-refractivity contribution in [2.75, 3.05) is 13.7 Å². The lowest BCUT2D eigenvalue weighted by Crippen LogP contribution is -2.49. The number of carbonyl (C=O) groups excluding carboxylic acids is 2. The van der Waals surface area contributed by atoms with Crippen molar-refractivity contribution in [2.24, 2.45) is 0 Å². The van der Waals surface area contributed by atoms with E-state index in [0.29, 0.717) is 0 Å². The van der Waals surface area contributed by atoms with Gasteiger partial charge in [0.2, 0.25) is 10.0 Å². The van der Waals surface area contributed by atoms with Crippen molar-refractivity contribution in [2.45, 2.75) is 24.0 Å². The molecule has 1 aromatic rings. The zero-order valence-electron chi connectivity index (χ0n) is 12.4. The van der Waals surface area contributed by atoms with E-state index in [9.17, 15) is 27.5 Å². The predicted molar refractivity (Wildman–Crippen MR) is 77.2 cm³/mol. The monoisotopic (exact) mass is 348 g/mol. The molecular weight excluding hydrogens is 331 g/mol. The molecule has 128 valence electrons. The van der Waals surface area contributed by atoms with Crippen LogP contribution in [-0.4, -0.2) is 51.2 Å². The number of halogens is 1. The van der Waals surface area contributed by atoms with Crippen molar-refractivity contribution >= 4 is 21.9 Å². The Morgan fingerprint density at radius 2 is 1.87 bits per heavy atom. The normalized spacial score (nSPS) is 13.9. The lowest BCUT2D eigenvalue weighted by molar-refractivity contribution is -0.152. The number of esters is 1. The Morgan fingerprint density at radius 3 is 2.35 bits per heavy atom. The summed E-state index contributed by atoms with van der Waals surface area (Å²) >= 11 is 0. The molecule has 0 spiro atoms. The van der Waals surface area contributed by atoms with Crippen molar-refractivity contribution in [3.05, 3.63) is 30.1 Å². The van der Waals surface area contributed by atoms with Crippen LogP contribution in [0.2, 0.25) is 0 Å². The summed E-state index contributed by atoms with van der Waals surface area (Å²) in [4.78, 5) is 22.6. The van der Waals surface area contributed by atoms with Crippen molar-refractivity contribution in [1.82, 2.24) is 10.0 Å². The van der Waals surface area contributed by atoms with E-state index in [-0.39, 0.29) is 4.90 Å². The number of benzene rings is 1. The van der Waals surface area contributed by atoms with E-state index in [0.717, 1.165) is 24.3 Å². The minimum absolute atomic E-state index is 0.288. The molecule has 3 N–H and O–H groups in total. The molecule has 0 aliphatic heterocycles. The summed E-state index contributed by atoms with van der Waals surface area (Å²) in [5.41, 5.74) is 0. The molecule has 0 aliphatic rings. The first-order valence-electron chi connectivity index (χ1n) is 6.50. The van der Waals surface area contributed by atoms with Crippen LogP contribution in [0.3, 0.4) is 0 Å². The van der Waals surface area contributed by atoms with Gasteiger partial charge < -0.3 is 15.2 Å². The first kappa shape index (κ1) is 19.0. The molecule has 0 fully saturated rings. The van der Waals surface area contributed by atoms with Gasteiger partial charge in [-0.05, 0) is 31.2 Å². The highest BCUT2D eigenvalue weighted by molar-refractivity contribution is 7.89. The summed E-state index contributed by atoms with van der Waals surface area (Å²) in [6.07, 6.45) is -1.41. The van der Waals surface area contributed by atoms with E-state index in [2.05, 4.69) is 10.1 Å². The quantitative estimate of drug-likeness (QED) is 0.552. The van der Waals surface area contributed by atoms with E-state index in [1.807, 2.05) is 4.72 Å². The Hall–Kier alpha value is -2.04. The van der Waals surface area contributed by atoms with Crippen LogP contribution >= 0.6 is 0 Å². The number of nitrogens with one attached hydrogen (secondary N) is 2. The Kier molecular flexibility index (Phi) is 6.61. The second-order valence-corrected chi connectivity index (χ2v) is 6.29. The topological polar surface area (TPSA) is 122 Å². The third-order valence-corrected chi connectivity index (χ3v) is 4.22. The van der Waals surface area contributed by atoms with Gasteiger partial charge in [0.1, 0.15) is 11.9 Å². The van der Waals surface area contributed by atoms with E-state index < -0.39 is 46.5 Å². The van der Waals surface area contributed by atoms with Gasteiger partial charge in [0.05, 0.1) is 11.0 Å². The maximum atomic E-state index is 12.8. The number of aliphatic hydroxyl groups is 1. The average molecular weight is 348 g/mol. The van der Waals surface area contributed by atoms with Gasteiger partial charge >= 0.3 is 5.97 Å². The fourth-order valence-corrected chi connectivity index (χ4v) is 2.75. The standard InChI is InChI=1S/C13H17FN2O6S/c1-8(17)12(13(19)22-7-11(18)15-2)16-23(20,21)10-5-3-9(14)4-6-10/h3-6,8,12,16-17H,7H2,1-2H3,(H,15,18)/t8-,12+/m0/s1. The van der Waals surface area contributed by atoms with Gasteiger partial charge in [-0.3, -0.25) is 9.59 Å². The van der Waals surface area contributed by atoms with E-state index in [1.165, 1.54) is 14.0 Å². The zero-order valence-corrected chi connectivity index (χ0v) is 13.3. The van der Waals surface area contributed by atoms with Crippen molar-refractivity contribution in [1.29, 1.82) is 0 Å². The highest BCUT2D eigenvalue weighted by Crippen LogP contribution is 2.11. The Labute approximate surface area is 132 Å². The Bertz CT molecular complexity index is 660. The maximum Gasteiger partial charge on any atom is 0.327 e. The van der Waals surface area contributed by atoms with Gasteiger partial charge in [-0.1, -0.05) is 0 Å². The lowest BCUT2D eigenvalue weighted by Gasteiger charge is -2.19. The van der Waals surface area contributed by atoms with Gasteiger partial charge in [0, 0.05) is 7.05 Å². The van der Waals surface area contributed by atoms with Gasteiger partial charge in [-0.15, -0.1) is 0 Å². The van der Waals surface area contributed by atoms with Crippen molar-refractivity contribution < 1.29 is 32.2 Å². The average Bonchev–Trinajstić information content (AvgIpc) is 2.50. The molecule has 0 aliphatic carbocycles. The first-order valence-corrected chi connectivity index (χ1v) is 7.99. The van der Waals surface area contributed by atoms with Crippen LogP contribution in [0.25, 0.3) is 0 Å². The number of aliphatic hydroxyl groups excluding tert-OH is 1. The van der Waals surface area contributed by atoms with Crippen molar-refractivity contribution in [3.8, 4) is 0 Å². The molecule has 10 heteroatoms. The van der Waals surface area contributed by atoms with E-state index >= 15 is 0 Å². The van der Waals surface area contributed by atoms with Crippen molar-refractivity contribution in [3.63, 3.8) is 0 Å². The number of likely N-dealkylation sites (N-methyl/N-ethyl adjacent to an activating group) is 1. The highest BCUT2D eigenvalue weighted by atomic mass is 32.2. The highest BCUT2D eigenvalue weighted by Gasteiger charge is 2.31. The third-order valence-electron chi connectivity index (χ3n) is 2.77. The summed E-state index contributed by atoms with van der Waals surface area (Å²) in [6.45, 7) is 0.565. The summed E-state index contributed by atoms with van der Waals surface area (Å²) in [7, 11) is -2.86. The van der Waals surface area contributed by atoms with E-state index in [1.54, 1.807) is 0 Å². The number of hydrogen-bond donors (Lipinski definition) is 3. The van der Waals surface area contributed by atoms with Gasteiger partial charge in [-0.25, -0.2) is 12.8 Å². The molecule has 2 atom stereocenters. The molecule has 8 nitrogen and oxygen atoms in total. The van der Waals surface area contributed by atoms with Crippen LogP contribution in [0, 0.1) is 5.82 Å². The summed E-state index contributed by atoms with van der Waals surface area (Å²) in [5.74, 6) is -2.33. The fourth-order valence-electron chi connectivity index (χ4n) is 1.49. The summed E-state index contributed by atoms with van der Waals surface area (Å²) < 4.78 is 43.7. The first-order chi connectivity index (χ1) is 10.7. The second kappa shape index (κ2) is 7.99. The largest absolute Gasteiger partial charge is 0.454 e. The van der Waals surface area contributed by atoms with E-state index in [4.69, 9.17) is 0 Å². The predicted octanol–water partition coefficient (Wildman–Crippen LogP) is -0.857. The maximum absolute atomic E-state index is 12.8. The SMILES string of the molecule is CNC(=O)COC(=O)[C@H](NS(=O)(=O)c1ccc(F)cc1)[C@H](C)O. The third kappa shape index (κ3) is 5.58.